The van der Waals surface area contributed by atoms with E-state index < -0.39 is 0 Å². The normalized spacial score (nSPS) is 17.5. The fourth-order valence-corrected chi connectivity index (χ4v) is 13.9. The molecule has 0 aromatic rings. The number of nitrogens with zero attached hydrogens (tertiary/aromatic N) is 14. The molecule has 0 spiro atoms. The van der Waals surface area contributed by atoms with E-state index in [-0.39, 0.29) is 167 Å². The molecule has 0 amide bonds. The third-order valence-electron chi connectivity index (χ3n) is 19.5. The molecule has 0 aromatic carbocycles. The Balaban J connectivity index is -0.0000000493. The average Bonchev–Trinajstić information content (AvgIpc) is 1.72. The third-order valence-corrected chi connectivity index (χ3v) is 19.5. The molecule has 0 aromatic heterocycles. The minimum absolute atomic E-state index is 0. The summed E-state index contributed by atoms with van der Waals surface area (Å²) in [4.78, 5) is 29.6. The van der Waals surface area contributed by atoms with Crippen LogP contribution in [0.2, 0.25) is 0 Å². The molecule has 0 radical (unpaired) electrons. The topological polar surface area (TPSA) is 185 Å². The molecular formula is C105H224N14Ni7. The monoisotopic (exact) mass is 2090 g/mol. The summed E-state index contributed by atoms with van der Waals surface area (Å²) in [6.07, 6.45) is 41.7. The van der Waals surface area contributed by atoms with Gasteiger partial charge in [-0.15, -0.1) is 0 Å². The van der Waals surface area contributed by atoms with Crippen LogP contribution in [-0.2, 0) is 115 Å². The molecule has 0 N–H and O–H groups in total. The van der Waals surface area contributed by atoms with Gasteiger partial charge in [0.2, 0.25) is 0 Å². The van der Waals surface area contributed by atoms with Crippen molar-refractivity contribution in [3.05, 3.63) is 89.2 Å². The summed E-state index contributed by atoms with van der Waals surface area (Å²) in [5, 5.41) is 29.1. The molecule has 7 aliphatic carbocycles. The molecule has 0 heterocycles. The van der Waals surface area contributed by atoms with Gasteiger partial charge in [-0.25, -0.2) is 0 Å². The standard InChI is InChI=1S/C9H18.5C8H17N2.C8H16.C7H14.2C6H13N2.2C6H12.2C5H10.7CH3.7Ni/c1-6-5-7(2)9(4)8(6)3;5*1-6(2)9-8(5)10-7(3)4;1-7(2)8-5-3-4-6-8;1-2-7-5-3-4-6-7;2*1-5(2)8-6(3)7-4;2*1-6-4-2-3-5-6;2*1-2-4-5-3-1;;;;;;;;;;;;;;/h6-9H,5H2,1-4H3;5*6-7H,1-5H3;7-8H,3-6H2,1-2H3;7H,2-6H2,1H3;2*5H,1-4H3;2*6H,2-5H2,1H3;2*1-5H2;7*1H3;;;;;;;/q;5*-1;;;2*-1;;;;;7*-1;7*+2. The molecule has 784 valence electrons. The van der Waals surface area contributed by atoms with Gasteiger partial charge in [0.05, 0.1) is 0 Å². The number of hydrogen-bond acceptors (Lipinski definition) is 7. The maximum absolute atomic E-state index is 4.27. The first kappa shape index (κ1) is 178. The summed E-state index contributed by atoms with van der Waals surface area (Å²) in [7, 11) is 3.50. The molecule has 0 aliphatic heterocycles. The molecule has 7 aliphatic rings. The van der Waals surface area contributed by atoms with E-state index in [4.69, 9.17) is 0 Å². The van der Waals surface area contributed by atoms with Crippen LogP contribution < -0.4 is 0 Å². The number of aliphatic imine (C=N–C) groups is 7. The minimum atomic E-state index is 0. The van der Waals surface area contributed by atoms with Gasteiger partial charge in [-0.05, 0) is 181 Å². The van der Waals surface area contributed by atoms with Crippen LogP contribution in [0, 0.1) is 105 Å². The summed E-state index contributed by atoms with van der Waals surface area (Å²) >= 11 is 0. The van der Waals surface area contributed by atoms with Gasteiger partial charge in [-0.3, -0.25) is 0 Å². The van der Waals surface area contributed by atoms with Gasteiger partial charge < -0.3 is 124 Å². The zero-order chi connectivity index (χ0) is 87.9. The first-order valence-electron chi connectivity index (χ1n) is 46.6. The summed E-state index contributed by atoms with van der Waals surface area (Å²) in [6, 6.07) is 4.38. The maximum Gasteiger partial charge on any atom is 2.00 e. The smallest absolute Gasteiger partial charge is 0.473 e. The first-order valence-corrected chi connectivity index (χ1v) is 46.6. The van der Waals surface area contributed by atoms with E-state index in [1.165, 1.54) is 180 Å². The minimum Gasteiger partial charge on any atom is -0.473 e. The Morgan fingerprint density at radius 1 is 0.246 bits per heavy atom. The predicted molar refractivity (Wildman–Crippen MR) is 565 cm³/mol. The number of rotatable bonds is 14. The third kappa shape index (κ3) is 149. The molecule has 4 unspecified atom stereocenters. The zero-order valence-corrected chi connectivity index (χ0v) is 99.8. The number of amidine groups is 7. The van der Waals surface area contributed by atoms with Crippen molar-refractivity contribution in [1.82, 2.24) is 0 Å². The van der Waals surface area contributed by atoms with Gasteiger partial charge in [-0.2, -0.15) is 0 Å². The Morgan fingerprint density at radius 2 is 0.405 bits per heavy atom. The second kappa shape index (κ2) is 121. The maximum atomic E-state index is 4.27. The fraction of sp³-hybridized carbons (Fsp3) is 0.867. The Labute approximate surface area is 869 Å². The van der Waals surface area contributed by atoms with E-state index in [1.54, 1.807) is 14.1 Å². The molecule has 126 heavy (non-hydrogen) atoms. The summed E-state index contributed by atoms with van der Waals surface area (Å²) in [5.41, 5.74) is 0. The van der Waals surface area contributed by atoms with Crippen molar-refractivity contribution in [2.75, 3.05) is 14.1 Å². The first-order chi connectivity index (χ1) is 52.1. The second-order valence-corrected chi connectivity index (χ2v) is 37.0. The van der Waals surface area contributed by atoms with Gasteiger partial charge in [0.1, 0.15) is 0 Å². The molecule has 7 fully saturated rings. The fourth-order valence-electron chi connectivity index (χ4n) is 13.9. The van der Waals surface area contributed by atoms with Gasteiger partial charge >= 0.3 is 115 Å². The van der Waals surface area contributed by atoms with Crippen LogP contribution in [0.5, 0.6) is 0 Å². The molecule has 7 saturated carbocycles. The second-order valence-electron chi connectivity index (χ2n) is 37.0. The molecule has 21 heteroatoms. The van der Waals surface area contributed by atoms with Crippen molar-refractivity contribution in [2.24, 2.45) is 88.2 Å². The van der Waals surface area contributed by atoms with Crippen LogP contribution in [0.25, 0.3) is 37.2 Å². The van der Waals surface area contributed by atoms with E-state index >= 15 is 0 Å². The van der Waals surface area contributed by atoms with Crippen molar-refractivity contribution in [3.63, 3.8) is 0 Å². The molecule has 0 saturated heterocycles. The summed E-state index contributed by atoms with van der Waals surface area (Å²) in [5.74, 6) is 15.3. The van der Waals surface area contributed by atoms with Crippen molar-refractivity contribution in [3.8, 4) is 0 Å². The SMILES string of the molecule is C1CCCC1.C1CCCC1.CC(=NC(C)C)[N-]C(C)C.CC(=NC(C)C)[N-]C(C)C.CC(=NC(C)C)[N-]C(C)C.CC(=NC(C)C)[N-]C(C)C.CC(=NC(C)C)[N-]C(C)C.CC(C)C1CCCC1.CC1CC(C)C(C)C1C.CC1CCCC1.CC1CCCC1.CCC1CCCC1.C[N-]C(C)=NC(C)C.C[N-]C(C)=NC(C)C.[CH3-].[CH3-].[CH3-].[CH3-].[CH3-].[CH3-].[CH3-].[Ni+2].[Ni+2].[Ni+2].[Ni+2].[Ni+2].[Ni+2].[Ni+2]. The molecule has 14 nitrogen and oxygen atoms in total. The van der Waals surface area contributed by atoms with Crippen molar-refractivity contribution in [1.29, 1.82) is 0 Å². The van der Waals surface area contributed by atoms with E-state index in [0.29, 0.717) is 72.5 Å². The van der Waals surface area contributed by atoms with Crippen LogP contribution in [0.3, 0.4) is 0 Å². The van der Waals surface area contributed by atoms with Gasteiger partial charge in [0, 0.05) is 0 Å². The zero-order valence-electron chi connectivity index (χ0n) is 92.9. The Kier molecular flexibility index (Phi) is 171. The van der Waals surface area contributed by atoms with E-state index in [2.05, 4.69) is 273 Å². The van der Waals surface area contributed by atoms with Gasteiger partial charge in [0.25, 0.3) is 0 Å². The Hall–Kier alpha value is -0.255. The Bertz CT molecular complexity index is 1990. The van der Waals surface area contributed by atoms with Crippen LogP contribution in [0.1, 0.15) is 457 Å². The largest absolute Gasteiger partial charge is 2.00 e. The predicted octanol–water partition coefficient (Wildman–Crippen LogP) is 36.4. The molecular weight excluding hydrogens is 1870 g/mol. The summed E-state index contributed by atoms with van der Waals surface area (Å²) in [6.45, 7) is 84.0. The van der Waals surface area contributed by atoms with E-state index in [9.17, 15) is 0 Å². The quantitative estimate of drug-likeness (QED) is 0.0694. The van der Waals surface area contributed by atoms with Crippen LogP contribution >= 0.6 is 0 Å². The molecule has 4 atom stereocenters. The van der Waals surface area contributed by atoms with Gasteiger partial charge in [-0.1, -0.05) is 457 Å². The Morgan fingerprint density at radius 3 is 0.492 bits per heavy atom. The van der Waals surface area contributed by atoms with Crippen LogP contribution in [0.15, 0.2) is 34.9 Å². The van der Waals surface area contributed by atoms with Gasteiger partial charge in [0.15, 0.2) is 0 Å². The average molecular weight is 2090 g/mol. The molecule has 7 rings (SSSR count). The van der Waals surface area contributed by atoms with E-state index in [0.717, 1.165) is 94.1 Å². The number of hydrogen-bond donors (Lipinski definition) is 0. The van der Waals surface area contributed by atoms with Crippen molar-refractivity contribution < 1.29 is 115 Å². The van der Waals surface area contributed by atoms with E-state index in [1.807, 2.05) is 76.2 Å². The van der Waals surface area contributed by atoms with Crippen LogP contribution in [-0.4, -0.2) is 127 Å². The molecule has 0 bridgehead atoms. The van der Waals surface area contributed by atoms with Crippen molar-refractivity contribution >= 4 is 40.8 Å². The summed E-state index contributed by atoms with van der Waals surface area (Å²) < 4.78 is 0. The van der Waals surface area contributed by atoms with Crippen molar-refractivity contribution in [2.45, 2.75) is 529 Å². The van der Waals surface area contributed by atoms with Crippen LogP contribution in [0.4, 0.5) is 0 Å².